The number of benzene rings is 3. The second-order valence-corrected chi connectivity index (χ2v) is 8.70. The molecule has 0 unspecified atom stereocenters. The van der Waals surface area contributed by atoms with Crippen molar-refractivity contribution in [3.63, 3.8) is 0 Å². The van der Waals surface area contributed by atoms with E-state index in [0.29, 0.717) is 11.3 Å². The van der Waals surface area contributed by atoms with Gasteiger partial charge in [-0.25, -0.2) is 4.39 Å². The van der Waals surface area contributed by atoms with Crippen LogP contribution >= 0.6 is 11.8 Å². The molecular formula is C26H20FN3O3S. The van der Waals surface area contributed by atoms with Crippen molar-refractivity contribution < 1.29 is 18.3 Å². The molecule has 0 radical (unpaired) electrons. The predicted octanol–water partition coefficient (Wildman–Crippen LogP) is 6.55. The number of nitrogens with zero attached hydrogens (tertiary/aromatic N) is 2. The van der Waals surface area contributed by atoms with E-state index < -0.39 is 11.4 Å². The van der Waals surface area contributed by atoms with Crippen LogP contribution in [0.3, 0.4) is 0 Å². The van der Waals surface area contributed by atoms with Crippen LogP contribution in [0.5, 0.6) is 5.75 Å². The van der Waals surface area contributed by atoms with E-state index in [1.54, 1.807) is 13.1 Å². The molecule has 34 heavy (non-hydrogen) atoms. The Morgan fingerprint density at radius 1 is 1.00 bits per heavy atom. The fourth-order valence-electron chi connectivity index (χ4n) is 3.62. The van der Waals surface area contributed by atoms with E-state index in [0.717, 1.165) is 16.5 Å². The smallest absolute Gasteiger partial charge is 0.277 e. The number of carbonyl (C=O) groups is 1. The molecule has 0 spiro atoms. The van der Waals surface area contributed by atoms with E-state index in [9.17, 15) is 9.18 Å². The van der Waals surface area contributed by atoms with Gasteiger partial charge in [0, 0.05) is 22.7 Å². The summed E-state index contributed by atoms with van der Waals surface area (Å²) < 4.78 is 24.7. The van der Waals surface area contributed by atoms with Gasteiger partial charge in [-0.15, -0.1) is 10.2 Å². The van der Waals surface area contributed by atoms with Crippen molar-refractivity contribution in [2.75, 3.05) is 0 Å². The lowest BCUT2D eigenvalue weighted by molar-refractivity contribution is 0.0990. The first-order valence-corrected chi connectivity index (χ1v) is 11.5. The number of aromatic nitrogens is 3. The Balaban J connectivity index is 1.40. The van der Waals surface area contributed by atoms with E-state index in [1.165, 1.54) is 36.0 Å². The van der Waals surface area contributed by atoms with Gasteiger partial charge in [-0.3, -0.25) is 4.79 Å². The van der Waals surface area contributed by atoms with Gasteiger partial charge >= 0.3 is 0 Å². The molecule has 0 aliphatic carbocycles. The Labute approximate surface area is 199 Å². The van der Waals surface area contributed by atoms with E-state index in [4.69, 9.17) is 9.15 Å². The molecule has 5 rings (SSSR count). The van der Waals surface area contributed by atoms with Crippen LogP contribution in [0.15, 0.2) is 94.7 Å². The second kappa shape index (κ2) is 9.52. The van der Waals surface area contributed by atoms with Gasteiger partial charge in [-0.1, -0.05) is 48.5 Å². The van der Waals surface area contributed by atoms with Gasteiger partial charge < -0.3 is 14.1 Å². The maximum atomic E-state index is 13.6. The third kappa shape index (κ3) is 4.58. The Kier molecular flexibility index (Phi) is 6.14. The molecule has 2 aromatic heterocycles. The Bertz CT molecular complexity index is 1420. The van der Waals surface area contributed by atoms with E-state index >= 15 is 0 Å². The van der Waals surface area contributed by atoms with Crippen LogP contribution < -0.4 is 4.74 Å². The number of fused-ring (bicyclic) bond motifs is 1. The number of hydrogen-bond donors (Lipinski definition) is 1. The summed E-state index contributed by atoms with van der Waals surface area (Å²) in [5.41, 5.74) is 2.33. The summed E-state index contributed by atoms with van der Waals surface area (Å²) in [6, 6.07) is 22.9. The molecule has 0 fully saturated rings. The van der Waals surface area contributed by atoms with Gasteiger partial charge in [-0.2, -0.15) is 0 Å². The average Bonchev–Trinajstić information content (AvgIpc) is 3.51. The summed E-state index contributed by atoms with van der Waals surface area (Å²) in [5.74, 6) is 0.337. The molecule has 170 valence electrons. The summed E-state index contributed by atoms with van der Waals surface area (Å²) >= 11 is 1.19. The number of Topliss-reactive ketones (excluding diaryl/α,β-unsaturated/α-hetero) is 1. The molecule has 8 heteroatoms. The van der Waals surface area contributed by atoms with Crippen molar-refractivity contribution >= 4 is 28.4 Å². The fraction of sp³-hybridized carbons (Fsp3) is 0.115. The number of halogens is 1. The van der Waals surface area contributed by atoms with Crippen molar-refractivity contribution in [1.82, 2.24) is 15.2 Å². The topological polar surface area (TPSA) is 81.0 Å². The fourth-order valence-corrected chi connectivity index (χ4v) is 4.57. The molecule has 5 aromatic rings. The quantitative estimate of drug-likeness (QED) is 0.203. The van der Waals surface area contributed by atoms with E-state index in [2.05, 4.69) is 15.2 Å². The van der Waals surface area contributed by atoms with Gasteiger partial charge in [0.1, 0.15) is 16.8 Å². The zero-order chi connectivity index (χ0) is 23.5. The van der Waals surface area contributed by atoms with Gasteiger partial charge in [0.15, 0.2) is 11.9 Å². The molecule has 0 aliphatic rings. The lowest BCUT2D eigenvalue weighted by Crippen LogP contribution is -2.09. The first kappa shape index (κ1) is 21.9. The highest BCUT2D eigenvalue weighted by Crippen LogP contribution is 2.39. The van der Waals surface area contributed by atoms with Crippen molar-refractivity contribution in [3.8, 4) is 5.75 Å². The van der Waals surface area contributed by atoms with Crippen LogP contribution in [0.4, 0.5) is 4.39 Å². The van der Waals surface area contributed by atoms with Crippen molar-refractivity contribution in [1.29, 1.82) is 0 Å². The molecule has 0 bridgehead atoms. The number of aromatic amines is 1. The number of hydrogen-bond acceptors (Lipinski definition) is 6. The second-order valence-electron chi connectivity index (χ2n) is 7.64. The SMILES string of the molecule is C[C@@H](Oc1ccc(F)cc1)c1nnc(S[C@@H](C(=O)c2c[nH]c3ccccc23)c2ccccc2)o1. The molecule has 0 saturated heterocycles. The number of ether oxygens (including phenoxy) is 1. The van der Waals surface area contributed by atoms with Gasteiger partial charge in [0.25, 0.3) is 11.1 Å². The summed E-state index contributed by atoms with van der Waals surface area (Å²) in [5, 5.41) is 8.76. The molecule has 3 aromatic carbocycles. The van der Waals surface area contributed by atoms with Gasteiger partial charge in [0.2, 0.25) is 0 Å². The van der Waals surface area contributed by atoms with Crippen LogP contribution in [-0.4, -0.2) is 21.0 Å². The summed E-state index contributed by atoms with van der Waals surface area (Å²) in [4.78, 5) is 16.8. The van der Waals surface area contributed by atoms with Crippen molar-refractivity contribution in [3.05, 3.63) is 108 Å². The molecule has 0 aliphatic heterocycles. The number of ketones is 1. The highest BCUT2D eigenvalue weighted by atomic mass is 32.2. The van der Waals surface area contributed by atoms with Crippen LogP contribution in [0, 0.1) is 5.82 Å². The first-order chi connectivity index (χ1) is 16.6. The lowest BCUT2D eigenvalue weighted by Gasteiger charge is -2.14. The number of thioether (sulfide) groups is 1. The third-order valence-corrected chi connectivity index (χ3v) is 6.40. The Morgan fingerprint density at radius 2 is 1.74 bits per heavy atom. The Hall–Kier alpha value is -3.91. The molecule has 6 nitrogen and oxygen atoms in total. The number of nitrogens with one attached hydrogen (secondary N) is 1. The minimum atomic E-state index is -0.581. The highest BCUT2D eigenvalue weighted by Gasteiger charge is 2.28. The monoisotopic (exact) mass is 473 g/mol. The third-order valence-electron chi connectivity index (χ3n) is 5.31. The number of para-hydroxylation sites is 1. The average molecular weight is 474 g/mol. The maximum Gasteiger partial charge on any atom is 0.277 e. The molecule has 2 heterocycles. The first-order valence-electron chi connectivity index (χ1n) is 10.7. The molecule has 1 N–H and O–H groups in total. The standard InChI is InChI=1S/C26H20FN3O3S/c1-16(32-19-13-11-18(27)12-14-19)25-29-30-26(33-25)34-24(17-7-3-2-4-8-17)23(31)21-15-28-22-10-6-5-9-20(21)22/h2-16,24,28H,1H3/t16-,24-/m1/s1. The number of H-pyrrole nitrogens is 1. The van der Waals surface area contributed by atoms with Crippen LogP contribution in [-0.2, 0) is 0 Å². The molecule has 2 atom stereocenters. The number of carbonyl (C=O) groups excluding carboxylic acids is 1. The van der Waals surface area contributed by atoms with Crippen LogP contribution in [0.25, 0.3) is 10.9 Å². The molecule has 0 saturated carbocycles. The summed E-state index contributed by atoms with van der Waals surface area (Å²) in [7, 11) is 0. The summed E-state index contributed by atoms with van der Waals surface area (Å²) in [6.07, 6.45) is 1.19. The van der Waals surface area contributed by atoms with Crippen LogP contribution in [0.2, 0.25) is 0 Å². The highest BCUT2D eigenvalue weighted by molar-refractivity contribution is 8.00. The van der Waals surface area contributed by atoms with Crippen molar-refractivity contribution in [2.45, 2.75) is 23.5 Å². The van der Waals surface area contributed by atoms with Gasteiger partial charge in [-0.05, 0) is 54.6 Å². The van der Waals surface area contributed by atoms with E-state index in [1.807, 2.05) is 54.6 Å². The maximum absolute atomic E-state index is 13.6. The normalized spacial score (nSPS) is 13.0. The van der Waals surface area contributed by atoms with Gasteiger partial charge in [0.05, 0.1) is 0 Å². The van der Waals surface area contributed by atoms with Crippen molar-refractivity contribution in [2.24, 2.45) is 0 Å². The minimum Gasteiger partial charge on any atom is -0.481 e. The van der Waals surface area contributed by atoms with Crippen LogP contribution in [0.1, 0.15) is 40.1 Å². The number of rotatable bonds is 8. The Morgan fingerprint density at radius 3 is 2.53 bits per heavy atom. The zero-order valence-electron chi connectivity index (χ0n) is 18.1. The lowest BCUT2D eigenvalue weighted by atomic mass is 10.0. The summed E-state index contributed by atoms with van der Waals surface area (Å²) in [6.45, 7) is 1.76. The molecular weight excluding hydrogens is 453 g/mol. The van der Waals surface area contributed by atoms with E-state index in [-0.39, 0.29) is 22.7 Å². The predicted molar refractivity (Wildman–Crippen MR) is 127 cm³/mol. The largest absolute Gasteiger partial charge is 0.481 e. The zero-order valence-corrected chi connectivity index (χ0v) is 19.0. The molecule has 0 amide bonds. The minimum absolute atomic E-state index is 0.0657.